The fourth-order valence-corrected chi connectivity index (χ4v) is 4.16. The van der Waals surface area contributed by atoms with Crippen LogP contribution < -0.4 is 5.56 Å². The normalized spacial score (nSPS) is 16.6. The zero-order valence-corrected chi connectivity index (χ0v) is 15.8. The Bertz CT molecular complexity index is 741. The molecular weight excluding hydrogens is 308 g/mol. The lowest BCUT2D eigenvalue weighted by Gasteiger charge is -2.32. The van der Waals surface area contributed by atoms with E-state index >= 15 is 0 Å². The molecule has 136 valence electrons. The number of nitrogens with zero attached hydrogens (tertiary/aromatic N) is 2. The number of hydrogen-bond donors (Lipinski definition) is 0. The highest BCUT2D eigenvalue weighted by atomic mass is 16.1. The third-order valence-electron chi connectivity index (χ3n) is 5.78. The molecular formula is C22H32N2O. The van der Waals surface area contributed by atoms with Crippen LogP contribution in [0.3, 0.4) is 0 Å². The van der Waals surface area contributed by atoms with E-state index in [0.29, 0.717) is 0 Å². The summed E-state index contributed by atoms with van der Waals surface area (Å²) in [7, 11) is 0. The van der Waals surface area contributed by atoms with Crippen molar-refractivity contribution in [2.24, 2.45) is 5.92 Å². The van der Waals surface area contributed by atoms with Gasteiger partial charge in [-0.1, -0.05) is 38.3 Å². The maximum atomic E-state index is 12.3. The molecule has 0 atom stereocenters. The lowest BCUT2D eigenvalue weighted by Crippen LogP contribution is -2.35. The van der Waals surface area contributed by atoms with E-state index in [1.807, 2.05) is 10.6 Å². The Balaban J connectivity index is 1.55. The van der Waals surface area contributed by atoms with Gasteiger partial charge in [0.25, 0.3) is 5.56 Å². The van der Waals surface area contributed by atoms with Crippen molar-refractivity contribution >= 4 is 10.9 Å². The van der Waals surface area contributed by atoms with Crippen molar-refractivity contribution in [2.75, 3.05) is 19.6 Å². The first-order chi connectivity index (χ1) is 12.2. The van der Waals surface area contributed by atoms with Gasteiger partial charge >= 0.3 is 0 Å². The predicted molar refractivity (Wildman–Crippen MR) is 106 cm³/mol. The van der Waals surface area contributed by atoms with Crippen molar-refractivity contribution in [1.29, 1.82) is 0 Å². The molecule has 3 nitrogen and oxygen atoms in total. The SMILES string of the molecule is CCCCC1CCN(CCCn2c(=O)ccc3c(C)cccc32)CC1. The van der Waals surface area contributed by atoms with Crippen LogP contribution in [0.4, 0.5) is 0 Å². The van der Waals surface area contributed by atoms with Gasteiger partial charge in [0.15, 0.2) is 0 Å². The van der Waals surface area contributed by atoms with E-state index in [9.17, 15) is 4.79 Å². The number of likely N-dealkylation sites (tertiary alicyclic amines) is 1. The fraction of sp³-hybridized carbons (Fsp3) is 0.591. The zero-order valence-electron chi connectivity index (χ0n) is 15.8. The van der Waals surface area contributed by atoms with Gasteiger partial charge in [-0.3, -0.25) is 4.79 Å². The number of piperidine rings is 1. The zero-order chi connectivity index (χ0) is 17.6. The first kappa shape index (κ1) is 18.2. The van der Waals surface area contributed by atoms with Gasteiger partial charge < -0.3 is 9.47 Å². The average molecular weight is 341 g/mol. The number of aryl methyl sites for hydroxylation is 2. The monoisotopic (exact) mass is 340 g/mol. The van der Waals surface area contributed by atoms with Gasteiger partial charge in [-0.25, -0.2) is 0 Å². The Morgan fingerprint density at radius 1 is 1.04 bits per heavy atom. The molecule has 25 heavy (non-hydrogen) atoms. The number of rotatable bonds is 7. The van der Waals surface area contributed by atoms with Crippen LogP contribution >= 0.6 is 0 Å². The molecule has 0 radical (unpaired) electrons. The fourth-order valence-electron chi connectivity index (χ4n) is 4.16. The van der Waals surface area contributed by atoms with Gasteiger partial charge in [0.2, 0.25) is 0 Å². The Labute approximate surface area is 151 Å². The number of fused-ring (bicyclic) bond motifs is 1. The molecule has 3 rings (SSSR count). The largest absolute Gasteiger partial charge is 0.308 e. The molecule has 3 heteroatoms. The maximum absolute atomic E-state index is 12.3. The molecule has 0 bridgehead atoms. The number of aromatic nitrogens is 1. The minimum atomic E-state index is 0.122. The molecule has 0 N–H and O–H groups in total. The third kappa shape index (κ3) is 4.52. The van der Waals surface area contributed by atoms with Crippen LogP contribution in [-0.2, 0) is 6.54 Å². The summed E-state index contributed by atoms with van der Waals surface area (Å²) in [5.41, 5.74) is 2.43. The lowest BCUT2D eigenvalue weighted by atomic mass is 9.91. The molecule has 1 aromatic heterocycles. The van der Waals surface area contributed by atoms with Crippen molar-refractivity contribution in [2.45, 2.75) is 58.9 Å². The second kappa shape index (κ2) is 8.66. The molecule has 2 aromatic rings. The van der Waals surface area contributed by atoms with E-state index in [1.54, 1.807) is 6.07 Å². The summed E-state index contributed by atoms with van der Waals surface area (Å²) >= 11 is 0. The van der Waals surface area contributed by atoms with Gasteiger partial charge in [-0.15, -0.1) is 0 Å². The predicted octanol–water partition coefficient (Wildman–Crippen LogP) is 4.60. The summed E-state index contributed by atoms with van der Waals surface area (Å²) in [6.07, 6.45) is 7.87. The van der Waals surface area contributed by atoms with Crippen LogP contribution in [0.2, 0.25) is 0 Å². The summed E-state index contributed by atoms with van der Waals surface area (Å²) in [5, 5.41) is 1.19. The van der Waals surface area contributed by atoms with Crippen molar-refractivity contribution < 1.29 is 0 Å². The summed E-state index contributed by atoms with van der Waals surface area (Å²) < 4.78 is 1.95. The van der Waals surface area contributed by atoms with E-state index < -0.39 is 0 Å². The summed E-state index contributed by atoms with van der Waals surface area (Å²) in [6.45, 7) is 8.78. The van der Waals surface area contributed by atoms with Crippen molar-refractivity contribution in [1.82, 2.24) is 9.47 Å². The summed E-state index contributed by atoms with van der Waals surface area (Å²) in [4.78, 5) is 14.9. The van der Waals surface area contributed by atoms with E-state index in [2.05, 4.69) is 36.9 Å². The average Bonchev–Trinajstić information content (AvgIpc) is 2.63. The Kier molecular flexibility index (Phi) is 6.30. The van der Waals surface area contributed by atoms with Gasteiger partial charge in [-0.05, 0) is 69.4 Å². The highest BCUT2D eigenvalue weighted by molar-refractivity contribution is 5.82. The topological polar surface area (TPSA) is 25.2 Å². The molecule has 0 saturated carbocycles. The van der Waals surface area contributed by atoms with Crippen LogP contribution in [0.25, 0.3) is 10.9 Å². The third-order valence-corrected chi connectivity index (χ3v) is 5.78. The van der Waals surface area contributed by atoms with Crippen LogP contribution in [-0.4, -0.2) is 29.1 Å². The molecule has 1 saturated heterocycles. The Hall–Kier alpha value is -1.61. The van der Waals surface area contributed by atoms with Gasteiger partial charge in [0, 0.05) is 18.0 Å². The lowest BCUT2D eigenvalue weighted by molar-refractivity contribution is 0.174. The molecule has 2 heterocycles. The van der Waals surface area contributed by atoms with Crippen LogP contribution in [0, 0.1) is 12.8 Å². The van der Waals surface area contributed by atoms with Gasteiger partial charge in [0.05, 0.1) is 5.52 Å². The van der Waals surface area contributed by atoms with Gasteiger partial charge in [-0.2, -0.15) is 0 Å². The first-order valence-electron chi connectivity index (χ1n) is 10.0. The van der Waals surface area contributed by atoms with Gasteiger partial charge in [0.1, 0.15) is 0 Å². The molecule has 0 unspecified atom stereocenters. The maximum Gasteiger partial charge on any atom is 0.251 e. The summed E-state index contributed by atoms with van der Waals surface area (Å²) in [5.74, 6) is 0.944. The highest BCUT2D eigenvalue weighted by Crippen LogP contribution is 2.22. The van der Waals surface area contributed by atoms with E-state index in [0.717, 1.165) is 30.9 Å². The molecule has 1 fully saturated rings. The van der Waals surface area contributed by atoms with Crippen LogP contribution in [0.1, 0.15) is 51.0 Å². The number of unbranched alkanes of at least 4 members (excludes halogenated alkanes) is 1. The standard InChI is InChI=1S/C22H32N2O/c1-3-4-8-19-12-16-23(17-13-19)14-6-15-24-21-9-5-7-18(2)20(21)10-11-22(24)25/h5,7,9-11,19H,3-4,6,8,12-17H2,1-2H3. The Morgan fingerprint density at radius 3 is 2.60 bits per heavy atom. The van der Waals surface area contributed by atoms with Crippen LogP contribution in [0.15, 0.2) is 35.1 Å². The molecule has 0 aliphatic carbocycles. The van der Waals surface area contributed by atoms with E-state index in [4.69, 9.17) is 0 Å². The number of hydrogen-bond acceptors (Lipinski definition) is 2. The molecule has 1 aliphatic rings. The smallest absolute Gasteiger partial charge is 0.251 e. The summed E-state index contributed by atoms with van der Waals surface area (Å²) in [6, 6.07) is 9.91. The molecule has 0 spiro atoms. The second-order valence-corrected chi connectivity index (χ2v) is 7.61. The number of benzene rings is 1. The molecule has 1 aromatic carbocycles. The van der Waals surface area contributed by atoms with E-state index in [-0.39, 0.29) is 5.56 Å². The second-order valence-electron chi connectivity index (χ2n) is 7.61. The van der Waals surface area contributed by atoms with Crippen molar-refractivity contribution in [3.05, 3.63) is 46.2 Å². The minimum Gasteiger partial charge on any atom is -0.308 e. The minimum absolute atomic E-state index is 0.122. The highest BCUT2D eigenvalue weighted by Gasteiger charge is 2.18. The van der Waals surface area contributed by atoms with Crippen molar-refractivity contribution in [3.8, 4) is 0 Å². The quantitative estimate of drug-likeness (QED) is 0.736. The molecule has 1 aliphatic heterocycles. The number of pyridine rings is 1. The van der Waals surface area contributed by atoms with Crippen molar-refractivity contribution in [3.63, 3.8) is 0 Å². The van der Waals surface area contributed by atoms with E-state index in [1.165, 1.54) is 56.1 Å². The molecule has 0 amide bonds. The van der Waals surface area contributed by atoms with Crippen LogP contribution in [0.5, 0.6) is 0 Å². The first-order valence-corrected chi connectivity index (χ1v) is 10.0. The Morgan fingerprint density at radius 2 is 1.84 bits per heavy atom.